The lowest BCUT2D eigenvalue weighted by molar-refractivity contribution is -0.123. The quantitative estimate of drug-likeness (QED) is 0.473. The molecular formula is C26H32N4O3S2. The summed E-state index contributed by atoms with van der Waals surface area (Å²) < 4.78 is 6.90. The number of nitrogens with zero attached hydrogens (tertiary/aromatic N) is 3. The molecule has 4 rings (SSSR count). The normalized spacial score (nSPS) is 16.2. The minimum atomic E-state index is -0.269. The van der Waals surface area contributed by atoms with Gasteiger partial charge >= 0.3 is 0 Å². The van der Waals surface area contributed by atoms with E-state index in [9.17, 15) is 9.59 Å². The molecule has 1 aliphatic rings. The number of methoxy groups -OCH3 is 1. The van der Waals surface area contributed by atoms with Crippen molar-refractivity contribution in [1.29, 1.82) is 0 Å². The summed E-state index contributed by atoms with van der Waals surface area (Å²) >= 11 is 3.24. The second-order valence-electron chi connectivity index (χ2n) is 9.65. The second-order valence-corrected chi connectivity index (χ2v) is 11.5. The molecule has 1 aliphatic heterocycles. The summed E-state index contributed by atoms with van der Waals surface area (Å²) in [4.78, 5) is 28.0. The fourth-order valence-electron chi connectivity index (χ4n) is 4.12. The third kappa shape index (κ3) is 5.47. The van der Waals surface area contributed by atoms with E-state index in [0.29, 0.717) is 19.0 Å². The van der Waals surface area contributed by atoms with Crippen molar-refractivity contribution in [2.45, 2.75) is 38.4 Å². The van der Waals surface area contributed by atoms with Gasteiger partial charge in [0.2, 0.25) is 11.8 Å². The average Bonchev–Trinajstić information content (AvgIpc) is 3.45. The van der Waals surface area contributed by atoms with E-state index in [0.717, 1.165) is 28.1 Å². The van der Waals surface area contributed by atoms with Crippen molar-refractivity contribution in [1.82, 2.24) is 15.1 Å². The molecule has 0 bridgehead atoms. The first kappa shape index (κ1) is 25.5. The SMILES string of the molecule is COCCNC(=O)CN1C(=O)CSC(c2ccsc2)c2c(C(C)(C)C)nn(-c3ccc(C)cc3)c21. The number of nitrogens with one attached hydrogen (secondary N) is 1. The zero-order valence-corrected chi connectivity index (χ0v) is 22.5. The maximum absolute atomic E-state index is 13.5. The number of anilines is 1. The Hall–Kier alpha value is -2.62. The van der Waals surface area contributed by atoms with Crippen LogP contribution in [-0.4, -0.2) is 54.2 Å². The van der Waals surface area contributed by atoms with Gasteiger partial charge in [0.1, 0.15) is 12.4 Å². The maximum atomic E-state index is 13.5. The van der Waals surface area contributed by atoms with Crippen LogP contribution in [0.5, 0.6) is 0 Å². The lowest BCUT2D eigenvalue weighted by Gasteiger charge is -2.24. The van der Waals surface area contributed by atoms with E-state index >= 15 is 0 Å². The molecule has 2 aromatic heterocycles. The van der Waals surface area contributed by atoms with E-state index in [1.807, 2.05) is 35.9 Å². The number of fused-ring (bicyclic) bond motifs is 1. The predicted molar refractivity (Wildman–Crippen MR) is 143 cm³/mol. The molecule has 7 nitrogen and oxygen atoms in total. The number of carbonyl (C=O) groups is 2. The highest BCUT2D eigenvalue weighted by atomic mass is 32.2. The van der Waals surface area contributed by atoms with Crippen LogP contribution in [-0.2, 0) is 19.7 Å². The van der Waals surface area contributed by atoms with Gasteiger partial charge in [-0.15, -0.1) is 11.8 Å². The molecule has 1 atom stereocenters. The van der Waals surface area contributed by atoms with Crippen molar-refractivity contribution >= 4 is 40.7 Å². The molecule has 3 heterocycles. The number of amides is 2. The zero-order chi connectivity index (χ0) is 25.2. The zero-order valence-electron chi connectivity index (χ0n) is 20.8. The highest BCUT2D eigenvalue weighted by molar-refractivity contribution is 8.00. The molecule has 0 spiro atoms. The monoisotopic (exact) mass is 512 g/mol. The van der Waals surface area contributed by atoms with Gasteiger partial charge in [0, 0.05) is 24.6 Å². The number of aromatic nitrogens is 2. The minimum absolute atomic E-state index is 0.0600. The first-order chi connectivity index (χ1) is 16.7. The number of ether oxygens (including phenoxy) is 1. The van der Waals surface area contributed by atoms with E-state index in [-0.39, 0.29) is 34.8 Å². The molecule has 35 heavy (non-hydrogen) atoms. The number of rotatable bonds is 7. The molecule has 1 unspecified atom stereocenters. The highest BCUT2D eigenvalue weighted by Gasteiger charge is 2.39. The van der Waals surface area contributed by atoms with Gasteiger partial charge < -0.3 is 10.1 Å². The van der Waals surface area contributed by atoms with E-state index in [2.05, 4.69) is 42.9 Å². The first-order valence-corrected chi connectivity index (χ1v) is 13.6. The van der Waals surface area contributed by atoms with Gasteiger partial charge in [-0.05, 0) is 41.4 Å². The number of hydrogen-bond donors (Lipinski definition) is 1. The molecule has 3 aromatic rings. The van der Waals surface area contributed by atoms with Gasteiger partial charge in [0.25, 0.3) is 0 Å². The van der Waals surface area contributed by atoms with E-state index < -0.39 is 0 Å². The molecule has 9 heteroatoms. The van der Waals surface area contributed by atoms with E-state index in [4.69, 9.17) is 9.84 Å². The van der Waals surface area contributed by atoms with Crippen LogP contribution in [0.3, 0.4) is 0 Å². The first-order valence-electron chi connectivity index (χ1n) is 11.6. The average molecular weight is 513 g/mol. The van der Waals surface area contributed by atoms with E-state index in [1.54, 1.807) is 35.1 Å². The summed E-state index contributed by atoms with van der Waals surface area (Å²) in [6, 6.07) is 10.2. The van der Waals surface area contributed by atoms with Crippen LogP contribution in [0.25, 0.3) is 5.69 Å². The Morgan fingerprint density at radius 1 is 1.23 bits per heavy atom. The molecule has 0 aliphatic carbocycles. The number of carbonyl (C=O) groups excluding carboxylic acids is 2. The molecule has 2 amide bonds. The summed E-state index contributed by atoms with van der Waals surface area (Å²) in [5.74, 6) is 0.614. The lowest BCUT2D eigenvalue weighted by Crippen LogP contribution is -2.43. The Morgan fingerprint density at radius 3 is 2.60 bits per heavy atom. The van der Waals surface area contributed by atoms with Crippen molar-refractivity contribution in [2.75, 3.05) is 37.5 Å². The van der Waals surface area contributed by atoms with Crippen molar-refractivity contribution in [3.8, 4) is 5.69 Å². The second kappa shape index (κ2) is 10.6. The summed E-state index contributed by atoms with van der Waals surface area (Å²) in [6.07, 6.45) is 0. The van der Waals surface area contributed by atoms with Gasteiger partial charge in [-0.1, -0.05) is 38.5 Å². The van der Waals surface area contributed by atoms with Crippen LogP contribution in [0.4, 0.5) is 5.82 Å². The van der Waals surface area contributed by atoms with Crippen LogP contribution in [0.1, 0.15) is 48.4 Å². The molecule has 1 N–H and O–H groups in total. The molecule has 0 radical (unpaired) electrons. The standard InChI is InChI=1S/C26H32N4O3S2/c1-17-6-8-19(9-7-17)30-25-22(24(28-30)26(2,3)4)23(18-10-13-34-15-18)35-16-21(32)29(25)14-20(31)27-11-12-33-5/h6-10,13,15,23H,11-12,14,16H2,1-5H3,(H,27,31). The van der Waals surface area contributed by atoms with Crippen molar-refractivity contribution in [3.05, 3.63) is 63.5 Å². The summed E-state index contributed by atoms with van der Waals surface area (Å²) in [7, 11) is 1.59. The summed E-state index contributed by atoms with van der Waals surface area (Å²) in [5, 5.41) is 12.1. The third-order valence-corrected chi connectivity index (χ3v) is 7.81. The summed E-state index contributed by atoms with van der Waals surface area (Å²) in [5.41, 5.74) is 4.80. The van der Waals surface area contributed by atoms with Gasteiger partial charge in [0.15, 0.2) is 0 Å². The van der Waals surface area contributed by atoms with Gasteiger partial charge in [-0.2, -0.15) is 16.4 Å². The lowest BCUT2D eigenvalue weighted by atomic mass is 9.87. The predicted octanol–water partition coefficient (Wildman–Crippen LogP) is 4.47. The molecular weight excluding hydrogens is 480 g/mol. The van der Waals surface area contributed by atoms with Gasteiger partial charge in [-0.25, -0.2) is 4.68 Å². The molecule has 0 saturated carbocycles. The third-order valence-electron chi connectivity index (χ3n) is 5.85. The molecule has 0 saturated heterocycles. The maximum Gasteiger partial charge on any atom is 0.240 e. The number of thiophene rings is 1. The molecule has 186 valence electrons. The number of benzene rings is 1. The van der Waals surface area contributed by atoms with Crippen molar-refractivity contribution in [2.24, 2.45) is 0 Å². The Balaban J connectivity index is 1.92. The number of hydrogen-bond acceptors (Lipinski definition) is 6. The Labute approximate surface area is 214 Å². The topological polar surface area (TPSA) is 76.5 Å². The Morgan fingerprint density at radius 2 is 1.97 bits per heavy atom. The van der Waals surface area contributed by atoms with Crippen LogP contribution < -0.4 is 10.2 Å². The number of thioether (sulfide) groups is 1. The Kier molecular flexibility index (Phi) is 7.68. The fraction of sp³-hybridized carbons (Fsp3) is 0.423. The van der Waals surface area contributed by atoms with Gasteiger partial charge in [-0.3, -0.25) is 14.5 Å². The van der Waals surface area contributed by atoms with E-state index in [1.165, 1.54) is 0 Å². The van der Waals surface area contributed by atoms with Crippen LogP contribution >= 0.6 is 23.1 Å². The molecule has 1 aromatic carbocycles. The minimum Gasteiger partial charge on any atom is -0.383 e. The largest absolute Gasteiger partial charge is 0.383 e. The van der Waals surface area contributed by atoms with Crippen molar-refractivity contribution < 1.29 is 14.3 Å². The van der Waals surface area contributed by atoms with Crippen molar-refractivity contribution in [3.63, 3.8) is 0 Å². The van der Waals surface area contributed by atoms with Crippen LogP contribution in [0.15, 0.2) is 41.1 Å². The van der Waals surface area contributed by atoms with Gasteiger partial charge in [0.05, 0.1) is 29.0 Å². The summed E-state index contributed by atoms with van der Waals surface area (Å²) in [6.45, 7) is 9.18. The van der Waals surface area contributed by atoms with Crippen LogP contribution in [0, 0.1) is 6.92 Å². The molecule has 0 fully saturated rings. The Bertz CT molecular complexity index is 1180. The fourth-order valence-corrected chi connectivity index (χ4v) is 6.08. The number of aryl methyl sites for hydroxylation is 1. The highest BCUT2D eigenvalue weighted by Crippen LogP contribution is 2.48. The van der Waals surface area contributed by atoms with Crippen LogP contribution in [0.2, 0.25) is 0 Å². The smallest absolute Gasteiger partial charge is 0.240 e.